The third-order valence-corrected chi connectivity index (χ3v) is 5.01. The molecular weight excluding hydrogens is 519 g/mol. The van der Waals surface area contributed by atoms with Crippen molar-refractivity contribution in [1.82, 2.24) is 0 Å². The number of esters is 2. The number of nitro benzene ring substituents is 2. The number of halogens is 2. The van der Waals surface area contributed by atoms with Crippen LogP contribution < -0.4 is 0 Å². The van der Waals surface area contributed by atoms with Crippen molar-refractivity contribution in [2.45, 2.75) is 0 Å². The van der Waals surface area contributed by atoms with Gasteiger partial charge in [-0.15, -0.1) is 0 Å². The van der Waals surface area contributed by atoms with Gasteiger partial charge in [0, 0.05) is 39.9 Å². The fourth-order valence-corrected chi connectivity index (χ4v) is 3.26. The van der Waals surface area contributed by atoms with Crippen LogP contribution in [0.3, 0.4) is 0 Å². The molecule has 34 heavy (non-hydrogen) atoms. The van der Waals surface area contributed by atoms with E-state index >= 15 is 0 Å². The Balaban J connectivity index is 0.000000257. The molecule has 0 radical (unpaired) electrons. The molecule has 0 aromatic heterocycles. The van der Waals surface area contributed by atoms with Crippen molar-refractivity contribution in [2.24, 2.45) is 0 Å². The Labute approximate surface area is 200 Å². The van der Waals surface area contributed by atoms with Crippen LogP contribution in [0.4, 0.5) is 15.8 Å². The summed E-state index contributed by atoms with van der Waals surface area (Å²) >= 11 is 3.05. The largest absolute Gasteiger partial charge is 0.465 e. The molecule has 0 saturated heterocycles. The minimum atomic E-state index is -0.682. The standard InChI is InChI=1S/C14H10FNO4.C8H6BrNO4/c1-20-14(17)11-7-6-9(16(18)19)8-12(11)10-4-2-3-5-13(10)15;1-14-8(11)6-3-2-5(10(12)13)4-7(6)9/h2-8H,1H3;2-4H,1H3. The topological polar surface area (TPSA) is 139 Å². The third kappa shape index (κ3) is 6.19. The van der Waals surface area contributed by atoms with Gasteiger partial charge in [0.25, 0.3) is 11.4 Å². The van der Waals surface area contributed by atoms with Crippen LogP contribution in [0.2, 0.25) is 0 Å². The Morgan fingerprint density at radius 1 is 0.794 bits per heavy atom. The number of benzene rings is 3. The molecule has 3 aromatic carbocycles. The second-order valence-corrected chi connectivity index (χ2v) is 7.23. The van der Waals surface area contributed by atoms with E-state index in [9.17, 15) is 34.2 Å². The van der Waals surface area contributed by atoms with E-state index in [0.717, 1.165) is 6.07 Å². The number of rotatable bonds is 5. The summed E-state index contributed by atoms with van der Waals surface area (Å²) in [5.41, 5.74) is 0.266. The van der Waals surface area contributed by atoms with E-state index < -0.39 is 27.6 Å². The van der Waals surface area contributed by atoms with Crippen LogP contribution in [0.25, 0.3) is 11.1 Å². The van der Waals surface area contributed by atoms with Crippen LogP contribution >= 0.6 is 15.9 Å². The molecule has 0 bridgehead atoms. The second kappa shape index (κ2) is 11.6. The van der Waals surface area contributed by atoms with Gasteiger partial charge in [0.05, 0.1) is 35.2 Å². The molecule has 0 aliphatic carbocycles. The van der Waals surface area contributed by atoms with Gasteiger partial charge < -0.3 is 9.47 Å². The lowest BCUT2D eigenvalue weighted by molar-refractivity contribution is -0.385. The molecule has 0 unspecified atom stereocenters. The van der Waals surface area contributed by atoms with E-state index in [1.807, 2.05) is 0 Å². The molecule has 176 valence electrons. The van der Waals surface area contributed by atoms with Crippen LogP contribution in [0.5, 0.6) is 0 Å². The highest BCUT2D eigenvalue weighted by atomic mass is 79.9. The van der Waals surface area contributed by atoms with Gasteiger partial charge >= 0.3 is 11.9 Å². The smallest absolute Gasteiger partial charge is 0.339 e. The fraction of sp³-hybridized carbons (Fsp3) is 0.0909. The molecule has 0 saturated carbocycles. The van der Waals surface area contributed by atoms with E-state index in [4.69, 9.17) is 0 Å². The van der Waals surface area contributed by atoms with Crippen LogP contribution in [-0.4, -0.2) is 36.0 Å². The highest BCUT2D eigenvalue weighted by molar-refractivity contribution is 9.10. The molecule has 0 spiro atoms. The van der Waals surface area contributed by atoms with Crippen molar-refractivity contribution in [1.29, 1.82) is 0 Å². The highest BCUT2D eigenvalue weighted by Gasteiger charge is 2.19. The Morgan fingerprint density at radius 2 is 1.29 bits per heavy atom. The van der Waals surface area contributed by atoms with Gasteiger partial charge in [0.1, 0.15) is 5.82 Å². The summed E-state index contributed by atoms with van der Waals surface area (Å²) in [5.74, 6) is -1.79. The average Bonchev–Trinajstić information content (AvgIpc) is 2.83. The maximum atomic E-state index is 13.8. The molecule has 0 N–H and O–H groups in total. The Kier molecular flexibility index (Phi) is 8.90. The summed E-state index contributed by atoms with van der Waals surface area (Å²) in [7, 11) is 2.44. The lowest BCUT2D eigenvalue weighted by Gasteiger charge is -2.09. The Bertz CT molecular complexity index is 1270. The number of hydrogen-bond donors (Lipinski definition) is 0. The molecule has 0 aliphatic heterocycles. The summed E-state index contributed by atoms with van der Waals surface area (Å²) < 4.78 is 23.3. The quantitative estimate of drug-likeness (QED) is 0.243. The second-order valence-electron chi connectivity index (χ2n) is 6.37. The van der Waals surface area contributed by atoms with E-state index in [-0.39, 0.29) is 33.6 Å². The fourth-order valence-electron chi connectivity index (χ4n) is 2.73. The lowest BCUT2D eigenvalue weighted by Crippen LogP contribution is -2.05. The molecule has 12 heteroatoms. The molecule has 0 aliphatic rings. The Morgan fingerprint density at radius 3 is 1.79 bits per heavy atom. The van der Waals surface area contributed by atoms with Gasteiger partial charge in [-0.25, -0.2) is 14.0 Å². The molecule has 3 aromatic rings. The zero-order valence-electron chi connectivity index (χ0n) is 17.7. The van der Waals surface area contributed by atoms with Gasteiger partial charge in [-0.2, -0.15) is 0 Å². The number of nitrogens with zero attached hydrogens (tertiary/aromatic N) is 2. The van der Waals surface area contributed by atoms with Crippen molar-refractivity contribution in [3.05, 3.63) is 102 Å². The van der Waals surface area contributed by atoms with Crippen molar-refractivity contribution in [3.8, 4) is 11.1 Å². The number of hydrogen-bond acceptors (Lipinski definition) is 8. The van der Waals surface area contributed by atoms with Gasteiger partial charge in [-0.3, -0.25) is 20.2 Å². The average molecular weight is 535 g/mol. The molecule has 0 amide bonds. The highest BCUT2D eigenvalue weighted by Crippen LogP contribution is 2.30. The molecule has 10 nitrogen and oxygen atoms in total. The molecule has 3 rings (SSSR count). The summed E-state index contributed by atoms with van der Waals surface area (Å²) in [6.07, 6.45) is 0. The SMILES string of the molecule is COC(=O)c1ccc([N+](=O)[O-])cc1-c1ccccc1F.COC(=O)c1ccc([N+](=O)[O-])cc1Br. The predicted molar refractivity (Wildman–Crippen MR) is 122 cm³/mol. The number of carbonyl (C=O) groups excluding carboxylic acids is 2. The maximum absolute atomic E-state index is 13.8. The first-order valence-corrected chi connectivity index (χ1v) is 10.0. The minimum Gasteiger partial charge on any atom is -0.465 e. The zero-order valence-corrected chi connectivity index (χ0v) is 19.3. The Hall–Kier alpha value is -4.19. The van der Waals surface area contributed by atoms with Gasteiger partial charge in [-0.1, -0.05) is 18.2 Å². The molecule has 0 fully saturated rings. The van der Waals surface area contributed by atoms with Crippen molar-refractivity contribution in [3.63, 3.8) is 0 Å². The number of nitro groups is 2. The molecule has 0 heterocycles. The van der Waals surface area contributed by atoms with Crippen LogP contribution in [0.1, 0.15) is 20.7 Å². The number of ether oxygens (including phenoxy) is 2. The lowest BCUT2D eigenvalue weighted by atomic mass is 9.98. The van der Waals surface area contributed by atoms with Crippen molar-refractivity contribution in [2.75, 3.05) is 14.2 Å². The number of non-ortho nitro benzene ring substituents is 2. The third-order valence-electron chi connectivity index (χ3n) is 4.35. The first-order valence-electron chi connectivity index (χ1n) is 9.24. The summed E-state index contributed by atoms with van der Waals surface area (Å²) in [4.78, 5) is 42.8. The summed E-state index contributed by atoms with van der Waals surface area (Å²) in [5, 5.41) is 21.2. The summed E-state index contributed by atoms with van der Waals surface area (Å²) in [6.45, 7) is 0. The predicted octanol–water partition coefficient (Wildman–Crippen LogP) is 5.33. The van der Waals surface area contributed by atoms with Crippen LogP contribution in [0.15, 0.2) is 65.1 Å². The molecule has 0 atom stereocenters. The maximum Gasteiger partial charge on any atom is 0.339 e. The van der Waals surface area contributed by atoms with E-state index in [1.165, 1.54) is 62.8 Å². The van der Waals surface area contributed by atoms with Gasteiger partial charge in [-0.05, 0) is 34.1 Å². The first-order chi connectivity index (χ1) is 16.1. The van der Waals surface area contributed by atoms with Crippen molar-refractivity contribution >= 4 is 39.2 Å². The van der Waals surface area contributed by atoms with E-state index in [1.54, 1.807) is 6.07 Å². The summed E-state index contributed by atoms with van der Waals surface area (Å²) in [6, 6.07) is 13.2. The normalized spacial score (nSPS) is 9.88. The van der Waals surface area contributed by atoms with E-state index in [2.05, 4.69) is 25.4 Å². The van der Waals surface area contributed by atoms with Gasteiger partial charge in [0.2, 0.25) is 0 Å². The van der Waals surface area contributed by atoms with Crippen LogP contribution in [-0.2, 0) is 9.47 Å². The van der Waals surface area contributed by atoms with Crippen LogP contribution in [0, 0.1) is 26.0 Å². The zero-order chi connectivity index (χ0) is 25.4. The van der Waals surface area contributed by atoms with E-state index in [0.29, 0.717) is 4.47 Å². The van der Waals surface area contributed by atoms with Gasteiger partial charge in [0.15, 0.2) is 0 Å². The first kappa shape index (κ1) is 26.1. The number of carbonyl (C=O) groups is 2. The number of methoxy groups -OCH3 is 2. The van der Waals surface area contributed by atoms with Crippen molar-refractivity contribution < 1.29 is 33.3 Å². The monoisotopic (exact) mass is 534 g/mol. The molecular formula is C22H16BrFN2O8. The minimum absolute atomic E-state index is 0.0724.